The number of anilines is 1. The maximum atomic E-state index is 12.7. The van der Waals surface area contributed by atoms with Gasteiger partial charge < -0.3 is 14.9 Å². The highest BCUT2D eigenvalue weighted by molar-refractivity contribution is 7.99. The number of imidazole rings is 1. The number of amides is 1. The standard InChI is InChI=1S/C22H24N4O2S/c1-17-5-2-3-8-20(17)26-10-9-23-22(26)29-16-21(28)25-13-11-24(12-14-25)18-6-4-7-19(27)15-18/h2-10,15,27H,11-14,16H2,1H3. The molecule has 1 amide bonds. The number of carbonyl (C=O) groups is 1. The van der Waals surface area contributed by atoms with Gasteiger partial charge in [-0.2, -0.15) is 0 Å². The molecule has 0 aliphatic carbocycles. The van der Waals surface area contributed by atoms with E-state index in [9.17, 15) is 9.90 Å². The highest BCUT2D eigenvalue weighted by Crippen LogP contribution is 2.24. The lowest BCUT2D eigenvalue weighted by atomic mass is 10.2. The van der Waals surface area contributed by atoms with Crippen LogP contribution in [0, 0.1) is 6.92 Å². The molecule has 6 nitrogen and oxygen atoms in total. The van der Waals surface area contributed by atoms with E-state index in [-0.39, 0.29) is 11.7 Å². The number of aromatic hydroxyl groups is 1. The van der Waals surface area contributed by atoms with E-state index >= 15 is 0 Å². The molecule has 1 N–H and O–H groups in total. The van der Waals surface area contributed by atoms with E-state index in [0.717, 1.165) is 29.6 Å². The van der Waals surface area contributed by atoms with Crippen LogP contribution < -0.4 is 4.90 Å². The average molecular weight is 409 g/mol. The number of hydrogen-bond donors (Lipinski definition) is 1. The van der Waals surface area contributed by atoms with Crippen molar-refractivity contribution in [2.24, 2.45) is 0 Å². The molecular formula is C22H24N4O2S. The molecule has 1 aromatic heterocycles. The molecule has 0 bridgehead atoms. The maximum absolute atomic E-state index is 12.7. The van der Waals surface area contributed by atoms with Crippen LogP contribution in [-0.4, -0.2) is 57.4 Å². The Labute approximate surface area is 174 Å². The molecule has 0 atom stereocenters. The Morgan fingerprint density at radius 2 is 1.90 bits per heavy atom. The topological polar surface area (TPSA) is 61.6 Å². The van der Waals surface area contributed by atoms with Crippen molar-refractivity contribution in [3.05, 3.63) is 66.5 Å². The van der Waals surface area contributed by atoms with Crippen molar-refractivity contribution < 1.29 is 9.90 Å². The zero-order valence-corrected chi connectivity index (χ0v) is 17.2. The first kappa shape index (κ1) is 19.4. The fourth-order valence-electron chi connectivity index (χ4n) is 3.53. The number of benzene rings is 2. The Morgan fingerprint density at radius 1 is 1.10 bits per heavy atom. The summed E-state index contributed by atoms with van der Waals surface area (Å²) in [4.78, 5) is 21.3. The first-order valence-corrected chi connectivity index (χ1v) is 10.6. The number of hydrogen-bond acceptors (Lipinski definition) is 5. The van der Waals surface area contributed by atoms with E-state index in [1.54, 1.807) is 18.3 Å². The zero-order valence-electron chi connectivity index (χ0n) is 16.4. The summed E-state index contributed by atoms with van der Waals surface area (Å²) in [5, 5.41) is 10.5. The molecule has 29 heavy (non-hydrogen) atoms. The van der Waals surface area contributed by atoms with E-state index in [1.807, 2.05) is 39.9 Å². The van der Waals surface area contributed by atoms with E-state index in [0.29, 0.717) is 18.8 Å². The van der Waals surface area contributed by atoms with E-state index in [4.69, 9.17) is 0 Å². The quantitative estimate of drug-likeness (QED) is 0.656. The normalized spacial score (nSPS) is 14.2. The number of aryl methyl sites for hydroxylation is 1. The van der Waals surface area contributed by atoms with Crippen LogP contribution in [0.2, 0.25) is 0 Å². The van der Waals surface area contributed by atoms with Crippen LogP contribution in [-0.2, 0) is 4.79 Å². The fraction of sp³-hybridized carbons (Fsp3) is 0.273. The first-order valence-electron chi connectivity index (χ1n) is 9.66. The number of phenolic OH excluding ortho intramolecular Hbond substituents is 1. The number of para-hydroxylation sites is 1. The second-order valence-corrected chi connectivity index (χ2v) is 7.99. The lowest BCUT2D eigenvalue weighted by molar-refractivity contribution is -0.128. The van der Waals surface area contributed by atoms with Crippen molar-refractivity contribution in [2.45, 2.75) is 12.1 Å². The van der Waals surface area contributed by atoms with Gasteiger partial charge in [0.05, 0.1) is 11.4 Å². The summed E-state index contributed by atoms with van der Waals surface area (Å²) in [6.45, 7) is 4.96. The molecule has 2 aromatic carbocycles. The molecule has 1 fully saturated rings. The summed E-state index contributed by atoms with van der Waals surface area (Å²) >= 11 is 1.47. The Hall–Kier alpha value is -2.93. The average Bonchev–Trinajstić information content (AvgIpc) is 3.21. The van der Waals surface area contributed by atoms with Gasteiger partial charge in [-0.3, -0.25) is 9.36 Å². The summed E-state index contributed by atoms with van der Waals surface area (Å²) in [7, 11) is 0. The minimum atomic E-state index is 0.130. The van der Waals surface area contributed by atoms with Crippen molar-refractivity contribution in [1.29, 1.82) is 0 Å². The molecule has 3 aromatic rings. The number of piperazine rings is 1. The van der Waals surface area contributed by atoms with Gasteiger partial charge in [0.25, 0.3) is 0 Å². The van der Waals surface area contributed by atoms with Gasteiger partial charge in [0.15, 0.2) is 5.16 Å². The lowest BCUT2D eigenvalue weighted by Crippen LogP contribution is -2.49. The van der Waals surface area contributed by atoms with Crippen LogP contribution in [0.15, 0.2) is 66.1 Å². The summed E-state index contributed by atoms with van der Waals surface area (Å²) in [5.74, 6) is 0.765. The largest absolute Gasteiger partial charge is 0.508 e. The Bertz CT molecular complexity index is 996. The summed E-state index contributed by atoms with van der Waals surface area (Å²) < 4.78 is 2.03. The molecule has 0 saturated carbocycles. The third-order valence-corrected chi connectivity index (χ3v) is 6.09. The van der Waals surface area contributed by atoms with Gasteiger partial charge in [0, 0.05) is 50.3 Å². The van der Waals surface area contributed by atoms with Crippen LogP contribution in [0.5, 0.6) is 5.75 Å². The molecule has 0 radical (unpaired) electrons. The molecule has 0 unspecified atom stereocenters. The monoisotopic (exact) mass is 408 g/mol. The second-order valence-electron chi connectivity index (χ2n) is 7.04. The third-order valence-electron chi connectivity index (χ3n) is 5.13. The van der Waals surface area contributed by atoms with Crippen molar-refractivity contribution in [3.8, 4) is 11.4 Å². The number of rotatable bonds is 5. The number of thioether (sulfide) groups is 1. The van der Waals surface area contributed by atoms with Crippen LogP contribution in [0.1, 0.15) is 5.56 Å². The van der Waals surface area contributed by atoms with Gasteiger partial charge in [0.1, 0.15) is 5.75 Å². The van der Waals surface area contributed by atoms with Crippen LogP contribution >= 0.6 is 11.8 Å². The van der Waals surface area contributed by atoms with Gasteiger partial charge in [-0.05, 0) is 30.7 Å². The number of phenols is 1. The minimum Gasteiger partial charge on any atom is -0.508 e. The first-order chi connectivity index (χ1) is 14.1. The fourth-order valence-corrected chi connectivity index (χ4v) is 4.40. The highest BCUT2D eigenvalue weighted by Gasteiger charge is 2.22. The van der Waals surface area contributed by atoms with Gasteiger partial charge in [-0.25, -0.2) is 4.98 Å². The SMILES string of the molecule is Cc1ccccc1-n1ccnc1SCC(=O)N1CCN(c2cccc(O)c2)CC1. The number of nitrogens with zero attached hydrogens (tertiary/aromatic N) is 4. The molecule has 7 heteroatoms. The molecular weight excluding hydrogens is 384 g/mol. The molecule has 4 rings (SSSR count). The highest BCUT2D eigenvalue weighted by atomic mass is 32.2. The van der Waals surface area contributed by atoms with Gasteiger partial charge in [-0.1, -0.05) is 36.0 Å². The van der Waals surface area contributed by atoms with E-state index in [2.05, 4.69) is 28.9 Å². The third kappa shape index (κ3) is 4.40. The maximum Gasteiger partial charge on any atom is 0.233 e. The van der Waals surface area contributed by atoms with Crippen molar-refractivity contribution >= 4 is 23.4 Å². The smallest absolute Gasteiger partial charge is 0.233 e. The van der Waals surface area contributed by atoms with Crippen molar-refractivity contribution in [1.82, 2.24) is 14.5 Å². The Balaban J connectivity index is 1.34. The Kier molecular flexibility index (Phi) is 5.76. The van der Waals surface area contributed by atoms with E-state index in [1.165, 1.54) is 17.3 Å². The molecule has 150 valence electrons. The molecule has 1 aliphatic rings. The second kappa shape index (κ2) is 8.61. The van der Waals surface area contributed by atoms with Crippen molar-refractivity contribution in [2.75, 3.05) is 36.8 Å². The van der Waals surface area contributed by atoms with Crippen LogP contribution in [0.25, 0.3) is 5.69 Å². The van der Waals surface area contributed by atoms with Gasteiger partial charge in [0.2, 0.25) is 5.91 Å². The van der Waals surface area contributed by atoms with Gasteiger partial charge in [-0.15, -0.1) is 0 Å². The molecule has 1 aliphatic heterocycles. The summed E-state index contributed by atoms with van der Waals surface area (Å²) in [5.41, 5.74) is 3.24. The summed E-state index contributed by atoms with van der Waals surface area (Å²) in [6, 6.07) is 15.4. The minimum absolute atomic E-state index is 0.130. The predicted octanol–water partition coefficient (Wildman–Crippen LogP) is 3.33. The predicted molar refractivity (Wildman–Crippen MR) is 116 cm³/mol. The lowest BCUT2D eigenvalue weighted by Gasteiger charge is -2.36. The number of carbonyl (C=O) groups excluding carboxylic acids is 1. The number of aromatic nitrogens is 2. The van der Waals surface area contributed by atoms with E-state index < -0.39 is 0 Å². The molecule has 1 saturated heterocycles. The molecule has 2 heterocycles. The van der Waals surface area contributed by atoms with Gasteiger partial charge >= 0.3 is 0 Å². The molecule has 0 spiro atoms. The zero-order chi connectivity index (χ0) is 20.2. The summed E-state index contributed by atoms with van der Waals surface area (Å²) in [6.07, 6.45) is 3.70. The Morgan fingerprint density at radius 3 is 2.66 bits per heavy atom. The van der Waals surface area contributed by atoms with Crippen molar-refractivity contribution in [3.63, 3.8) is 0 Å². The van der Waals surface area contributed by atoms with Crippen LogP contribution in [0.3, 0.4) is 0 Å². The van der Waals surface area contributed by atoms with Crippen LogP contribution in [0.4, 0.5) is 5.69 Å².